The van der Waals surface area contributed by atoms with Crippen molar-refractivity contribution in [1.82, 2.24) is 19.9 Å². The standard InChI is InChI=1S/C11H12N4O2/c16-11(9-2-6-17-8-9)14-4-1-10(7-14)15-5-3-12-13-15/h2-3,5-6,8,10H,1,4,7H2/t10-/m0/s1. The van der Waals surface area contributed by atoms with E-state index in [1.165, 1.54) is 12.5 Å². The van der Waals surface area contributed by atoms with Crippen LogP contribution in [0, 0.1) is 0 Å². The van der Waals surface area contributed by atoms with Crippen LogP contribution in [-0.4, -0.2) is 38.9 Å². The molecule has 1 saturated heterocycles. The van der Waals surface area contributed by atoms with Gasteiger partial charge in [-0.05, 0) is 12.5 Å². The van der Waals surface area contributed by atoms with Gasteiger partial charge in [0.25, 0.3) is 5.91 Å². The molecule has 2 aromatic heterocycles. The Morgan fingerprint density at radius 3 is 3.18 bits per heavy atom. The molecule has 6 nitrogen and oxygen atoms in total. The molecule has 88 valence electrons. The van der Waals surface area contributed by atoms with Crippen molar-refractivity contribution in [2.75, 3.05) is 13.1 Å². The largest absolute Gasteiger partial charge is 0.472 e. The van der Waals surface area contributed by atoms with Gasteiger partial charge < -0.3 is 9.32 Å². The highest BCUT2D eigenvalue weighted by Gasteiger charge is 2.28. The van der Waals surface area contributed by atoms with E-state index < -0.39 is 0 Å². The topological polar surface area (TPSA) is 64.2 Å². The third-order valence-corrected chi connectivity index (χ3v) is 3.03. The van der Waals surface area contributed by atoms with Gasteiger partial charge in [0.05, 0.1) is 24.1 Å². The minimum absolute atomic E-state index is 0.0152. The Morgan fingerprint density at radius 2 is 2.47 bits per heavy atom. The molecule has 1 fully saturated rings. The SMILES string of the molecule is O=C(c1ccoc1)N1CC[C@H](n2ccnn2)C1. The lowest BCUT2D eigenvalue weighted by molar-refractivity contribution is 0.0786. The number of amides is 1. The van der Waals surface area contributed by atoms with E-state index in [-0.39, 0.29) is 11.9 Å². The lowest BCUT2D eigenvalue weighted by Gasteiger charge is -2.15. The Morgan fingerprint density at radius 1 is 1.53 bits per heavy atom. The van der Waals surface area contributed by atoms with Crippen LogP contribution in [0.3, 0.4) is 0 Å². The Labute approximate surface area is 97.8 Å². The summed E-state index contributed by atoms with van der Waals surface area (Å²) in [5, 5.41) is 7.75. The van der Waals surface area contributed by atoms with E-state index in [2.05, 4.69) is 10.3 Å². The molecule has 1 amide bonds. The zero-order valence-electron chi connectivity index (χ0n) is 9.19. The van der Waals surface area contributed by atoms with Gasteiger partial charge in [0, 0.05) is 19.3 Å². The molecule has 0 spiro atoms. The molecule has 6 heteroatoms. The zero-order valence-corrected chi connectivity index (χ0v) is 9.19. The number of carbonyl (C=O) groups excluding carboxylic acids is 1. The third kappa shape index (κ3) is 1.82. The Hall–Kier alpha value is -2.11. The van der Waals surface area contributed by atoms with Crippen LogP contribution in [-0.2, 0) is 0 Å². The maximum atomic E-state index is 12.0. The molecule has 1 aliphatic rings. The van der Waals surface area contributed by atoms with Gasteiger partial charge >= 0.3 is 0 Å². The quantitative estimate of drug-likeness (QED) is 0.773. The molecule has 3 heterocycles. The number of aromatic nitrogens is 3. The van der Waals surface area contributed by atoms with E-state index >= 15 is 0 Å². The Kier molecular flexibility index (Phi) is 2.40. The van der Waals surface area contributed by atoms with Crippen LogP contribution < -0.4 is 0 Å². The second kappa shape index (κ2) is 4.04. The average molecular weight is 232 g/mol. The number of hydrogen-bond acceptors (Lipinski definition) is 4. The van der Waals surface area contributed by atoms with Crippen molar-refractivity contribution in [3.05, 3.63) is 36.5 Å². The summed E-state index contributed by atoms with van der Waals surface area (Å²) in [5.41, 5.74) is 0.601. The summed E-state index contributed by atoms with van der Waals surface area (Å²) in [4.78, 5) is 13.9. The zero-order chi connectivity index (χ0) is 11.7. The van der Waals surface area contributed by atoms with E-state index in [9.17, 15) is 4.79 Å². The molecule has 0 bridgehead atoms. The molecule has 0 N–H and O–H groups in total. The number of hydrogen-bond donors (Lipinski definition) is 0. The van der Waals surface area contributed by atoms with Crippen LogP contribution in [0.15, 0.2) is 35.4 Å². The molecule has 17 heavy (non-hydrogen) atoms. The smallest absolute Gasteiger partial charge is 0.257 e. The van der Waals surface area contributed by atoms with E-state index in [1.807, 2.05) is 15.8 Å². The van der Waals surface area contributed by atoms with Crippen molar-refractivity contribution < 1.29 is 9.21 Å². The molecule has 0 aliphatic carbocycles. The van der Waals surface area contributed by atoms with E-state index in [0.29, 0.717) is 12.1 Å². The van der Waals surface area contributed by atoms with Gasteiger partial charge in [-0.3, -0.25) is 4.79 Å². The fraction of sp³-hybridized carbons (Fsp3) is 0.364. The average Bonchev–Trinajstić information content (AvgIpc) is 3.09. The summed E-state index contributed by atoms with van der Waals surface area (Å²) >= 11 is 0. The molecule has 1 aliphatic heterocycles. The van der Waals surface area contributed by atoms with Crippen molar-refractivity contribution in [3.8, 4) is 0 Å². The van der Waals surface area contributed by atoms with E-state index in [0.717, 1.165) is 13.0 Å². The summed E-state index contributed by atoms with van der Waals surface area (Å²) < 4.78 is 6.73. The van der Waals surface area contributed by atoms with E-state index in [1.54, 1.807) is 12.3 Å². The molecule has 3 rings (SSSR count). The van der Waals surface area contributed by atoms with Gasteiger partial charge in [0.2, 0.25) is 0 Å². The highest BCUT2D eigenvalue weighted by atomic mass is 16.3. The molecule has 0 saturated carbocycles. The predicted molar refractivity (Wildman–Crippen MR) is 58.3 cm³/mol. The van der Waals surface area contributed by atoms with Crippen LogP contribution >= 0.6 is 0 Å². The highest BCUT2D eigenvalue weighted by molar-refractivity contribution is 5.94. The first-order chi connectivity index (χ1) is 8.34. The predicted octanol–water partition coefficient (Wildman–Crippen LogP) is 0.958. The minimum atomic E-state index is 0.0152. The third-order valence-electron chi connectivity index (χ3n) is 3.03. The molecule has 1 atom stereocenters. The van der Waals surface area contributed by atoms with Crippen molar-refractivity contribution >= 4 is 5.91 Å². The van der Waals surface area contributed by atoms with Gasteiger partial charge in [-0.2, -0.15) is 0 Å². The maximum absolute atomic E-state index is 12.0. The van der Waals surface area contributed by atoms with Crippen molar-refractivity contribution in [2.45, 2.75) is 12.5 Å². The Balaban J connectivity index is 1.70. The molecular formula is C11H12N4O2. The molecule has 0 unspecified atom stereocenters. The normalized spacial score (nSPS) is 19.8. The number of carbonyl (C=O) groups is 1. The molecular weight excluding hydrogens is 220 g/mol. The Bertz CT molecular complexity index is 492. The molecule has 2 aromatic rings. The first-order valence-corrected chi connectivity index (χ1v) is 5.52. The maximum Gasteiger partial charge on any atom is 0.257 e. The summed E-state index contributed by atoms with van der Waals surface area (Å²) in [6, 6.07) is 1.92. The lowest BCUT2D eigenvalue weighted by Crippen LogP contribution is -2.28. The summed E-state index contributed by atoms with van der Waals surface area (Å²) in [5.74, 6) is 0.0152. The number of likely N-dealkylation sites (tertiary alicyclic amines) is 1. The fourth-order valence-corrected chi connectivity index (χ4v) is 2.12. The van der Waals surface area contributed by atoms with Crippen LogP contribution in [0.5, 0.6) is 0 Å². The van der Waals surface area contributed by atoms with Crippen molar-refractivity contribution in [2.24, 2.45) is 0 Å². The van der Waals surface area contributed by atoms with Crippen LogP contribution in [0.4, 0.5) is 0 Å². The highest BCUT2D eigenvalue weighted by Crippen LogP contribution is 2.22. The van der Waals surface area contributed by atoms with Gasteiger partial charge in [0.1, 0.15) is 6.26 Å². The van der Waals surface area contributed by atoms with Gasteiger partial charge in [-0.25, -0.2) is 4.68 Å². The van der Waals surface area contributed by atoms with Crippen LogP contribution in [0.2, 0.25) is 0 Å². The first-order valence-electron chi connectivity index (χ1n) is 5.52. The lowest BCUT2D eigenvalue weighted by atomic mass is 10.3. The number of furan rings is 1. The van der Waals surface area contributed by atoms with Gasteiger partial charge in [-0.1, -0.05) is 5.21 Å². The van der Waals surface area contributed by atoms with Crippen LogP contribution in [0.1, 0.15) is 22.8 Å². The second-order valence-electron chi connectivity index (χ2n) is 4.09. The number of nitrogens with zero attached hydrogens (tertiary/aromatic N) is 4. The minimum Gasteiger partial charge on any atom is -0.472 e. The fourth-order valence-electron chi connectivity index (χ4n) is 2.12. The molecule has 0 radical (unpaired) electrons. The van der Waals surface area contributed by atoms with Crippen molar-refractivity contribution in [3.63, 3.8) is 0 Å². The molecule has 0 aromatic carbocycles. The summed E-state index contributed by atoms with van der Waals surface area (Å²) in [6.45, 7) is 1.42. The summed E-state index contributed by atoms with van der Waals surface area (Å²) in [7, 11) is 0. The first kappa shape index (κ1) is 10.1. The number of rotatable bonds is 2. The van der Waals surface area contributed by atoms with E-state index in [4.69, 9.17) is 4.42 Å². The second-order valence-corrected chi connectivity index (χ2v) is 4.09. The summed E-state index contributed by atoms with van der Waals surface area (Å²) in [6.07, 6.45) is 7.38. The van der Waals surface area contributed by atoms with Gasteiger partial charge in [-0.15, -0.1) is 5.10 Å². The van der Waals surface area contributed by atoms with Gasteiger partial charge in [0.15, 0.2) is 0 Å². The van der Waals surface area contributed by atoms with Crippen LogP contribution in [0.25, 0.3) is 0 Å². The monoisotopic (exact) mass is 232 g/mol. The van der Waals surface area contributed by atoms with Crippen molar-refractivity contribution in [1.29, 1.82) is 0 Å².